The lowest BCUT2D eigenvalue weighted by Gasteiger charge is -2.21. The molecule has 1 aromatic heterocycles. The highest BCUT2D eigenvalue weighted by molar-refractivity contribution is 7.89. The summed E-state index contributed by atoms with van der Waals surface area (Å²) in [6, 6.07) is 9.41. The van der Waals surface area contributed by atoms with Crippen LogP contribution in [0.25, 0.3) is 10.2 Å². The van der Waals surface area contributed by atoms with E-state index in [-0.39, 0.29) is 18.0 Å². The molecule has 1 saturated heterocycles. The molecule has 4 rings (SSSR count). The zero-order chi connectivity index (χ0) is 23.8. The number of hydrogen-bond donors (Lipinski definition) is 0. The van der Waals surface area contributed by atoms with Gasteiger partial charge in [-0.15, -0.1) is 6.42 Å². The summed E-state index contributed by atoms with van der Waals surface area (Å²) in [4.78, 5) is 18.2. The Hall–Kier alpha value is -2.93. The van der Waals surface area contributed by atoms with Crippen molar-refractivity contribution in [3.8, 4) is 18.1 Å². The highest BCUT2D eigenvalue weighted by atomic mass is 32.2. The van der Waals surface area contributed by atoms with E-state index in [0.29, 0.717) is 23.4 Å². The van der Waals surface area contributed by atoms with Gasteiger partial charge in [-0.1, -0.05) is 17.3 Å². The van der Waals surface area contributed by atoms with E-state index in [1.807, 2.05) is 24.5 Å². The number of amides is 1. The highest BCUT2D eigenvalue weighted by Crippen LogP contribution is 2.28. The molecule has 0 bridgehead atoms. The molecule has 1 aliphatic rings. The van der Waals surface area contributed by atoms with Gasteiger partial charge in [-0.2, -0.15) is 9.30 Å². The smallest absolute Gasteiger partial charge is 0.266 e. The summed E-state index contributed by atoms with van der Waals surface area (Å²) in [5.41, 5.74) is 3.18. The van der Waals surface area contributed by atoms with E-state index in [2.05, 4.69) is 17.0 Å². The Morgan fingerprint density at radius 1 is 1.24 bits per heavy atom. The number of methoxy groups -OCH3 is 1. The van der Waals surface area contributed by atoms with Crippen LogP contribution >= 0.6 is 11.3 Å². The van der Waals surface area contributed by atoms with Crippen molar-refractivity contribution in [2.24, 2.45) is 4.99 Å². The number of sulfonamides is 1. The summed E-state index contributed by atoms with van der Waals surface area (Å²) >= 11 is 1.38. The molecule has 33 heavy (non-hydrogen) atoms. The van der Waals surface area contributed by atoms with Crippen LogP contribution < -0.4 is 9.54 Å². The van der Waals surface area contributed by atoms with Gasteiger partial charge in [0.1, 0.15) is 11.8 Å². The number of carbonyl (C=O) groups is 1. The van der Waals surface area contributed by atoms with Gasteiger partial charge in [-0.05, 0) is 74.2 Å². The number of ether oxygens (including phenoxy) is 1. The minimum atomic E-state index is -3.85. The molecule has 3 aromatic rings. The van der Waals surface area contributed by atoms with Crippen molar-refractivity contribution in [2.75, 3.05) is 13.7 Å². The molecule has 0 radical (unpaired) electrons. The first-order valence-corrected chi connectivity index (χ1v) is 12.8. The number of thiazole rings is 1. The first-order valence-electron chi connectivity index (χ1n) is 10.5. The number of aryl methyl sites for hydroxylation is 2. The number of hydrogen-bond acceptors (Lipinski definition) is 5. The number of rotatable bonds is 5. The zero-order valence-electron chi connectivity index (χ0n) is 18.7. The fourth-order valence-corrected chi connectivity index (χ4v) is 6.74. The third-order valence-corrected chi connectivity index (χ3v) is 8.87. The lowest BCUT2D eigenvalue weighted by atomic mass is 10.1. The molecule has 2 heterocycles. The van der Waals surface area contributed by atoms with Gasteiger partial charge < -0.3 is 9.30 Å². The maximum Gasteiger partial charge on any atom is 0.266 e. The number of terminal acetylenes is 1. The quantitative estimate of drug-likeness (QED) is 0.522. The van der Waals surface area contributed by atoms with Gasteiger partial charge in [-0.25, -0.2) is 8.42 Å². The van der Waals surface area contributed by atoms with Crippen LogP contribution in [0.4, 0.5) is 0 Å². The molecule has 0 saturated carbocycles. The number of benzene rings is 2. The van der Waals surface area contributed by atoms with Gasteiger partial charge in [0.05, 0.1) is 28.8 Å². The fraction of sp³-hybridized carbons (Fsp3) is 0.333. The largest absolute Gasteiger partial charge is 0.497 e. The molecule has 9 heteroatoms. The van der Waals surface area contributed by atoms with Crippen molar-refractivity contribution in [3.05, 3.63) is 52.3 Å². The first kappa shape index (κ1) is 23.2. The predicted octanol–water partition coefficient (Wildman–Crippen LogP) is 3.24. The van der Waals surface area contributed by atoms with Crippen LogP contribution in [-0.4, -0.2) is 42.9 Å². The topological polar surface area (TPSA) is 81.0 Å². The van der Waals surface area contributed by atoms with Crippen LogP contribution in [0.1, 0.15) is 24.0 Å². The second-order valence-corrected chi connectivity index (χ2v) is 10.9. The van der Waals surface area contributed by atoms with E-state index in [1.54, 1.807) is 12.1 Å². The van der Waals surface area contributed by atoms with Crippen LogP contribution in [0.5, 0.6) is 5.75 Å². The number of fused-ring (bicyclic) bond motifs is 1. The predicted molar refractivity (Wildman–Crippen MR) is 129 cm³/mol. The van der Waals surface area contributed by atoms with E-state index in [1.165, 1.54) is 34.9 Å². The molecule has 1 fully saturated rings. The van der Waals surface area contributed by atoms with Gasteiger partial charge in [0.25, 0.3) is 5.91 Å². The van der Waals surface area contributed by atoms with Gasteiger partial charge >= 0.3 is 0 Å². The summed E-state index contributed by atoms with van der Waals surface area (Å²) in [6.07, 6.45) is 6.60. The molecular weight excluding hydrogens is 458 g/mol. The first-order chi connectivity index (χ1) is 15.8. The van der Waals surface area contributed by atoms with Crippen LogP contribution in [0.15, 0.2) is 46.3 Å². The normalized spacial score (nSPS) is 17.4. The average molecular weight is 484 g/mol. The van der Waals surface area contributed by atoms with Gasteiger partial charge in [0.15, 0.2) is 4.80 Å². The average Bonchev–Trinajstić information content (AvgIpc) is 3.41. The van der Waals surface area contributed by atoms with E-state index < -0.39 is 22.0 Å². The Morgan fingerprint density at radius 2 is 1.94 bits per heavy atom. The Labute approximate surface area is 197 Å². The summed E-state index contributed by atoms with van der Waals surface area (Å²) in [5.74, 6) is 2.71. The van der Waals surface area contributed by atoms with Crippen molar-refractivity contribution in [2.45, 2.75) is 44.2 Å². The lowest BCUT2D eigenvalue weighted by molar-refractivity contribution is -0.121. The van der Waals surface area contributed by atoms with E-state index in [4.69, 9.17) is 11.2 Å². The number of aromatic nitrogens is 1. The molecule has 0 N–H and O–H groups in total. The Bertz CT molecular complexity index is 1430. The van der Waals surface area contributed by atoms with Crippen molar-refractivity contribution >= 4 is 37.5 Å². The van der Waals surface area contributed by atoms with Crippen molar-refractivity contribution in [3.63, 3.8) is 0 Å². The van der Waals surface area contributed by atoms with Gasteiger partial charge in [0, 0.05) is 6.54 Å². The summed E-state index contributed by atoms with van der Waals surface area (Å²) in [6.45, 7) is 4.60. The van der Waals surface area contributed by atoms with Gasteiger partial charge in [0.2, 0.25) is 10.0 Å². The molecular formula is C24H25N3O4S2. The molecule has 2 aromatic carbocycles. The highest BCUT2D eigenvalue weighted by Gasteiger charge is 2.39. The third-order valence-electron chi connectivity index (χ3n) is 5.91. The monoisotopic (exact) mass is 483 g/mol. The van der Waals surface area contributed by atoms with Crippen molar-refractivity contribution < 1.29 is 17.9 Å². The molecule has 1 aliphatic heterocycles. The zero-order valence-corrected chi connectivity index (χ0v) is 20.4. The fourth-order valence-electron chi connectivity index (χ4n) is 3.98. The second kappa shape index (κ2) is 9.14. The maximum absolute atomic E-state index is 13.2. The maximum atomic E-state index is 13.2. The Morgan fingerprint density at radius 3 is 2.61 bits per heavy atom. The van der Waals surface area contributed by atoms with Crippen molar-refractivity contribution in [1.29, 1.82) is 0 Å². The Balaban J connectivity index is 1.72. The molecule has 7 nitrogen and oxygen atoms in total. The van der Waals surface area contributed by atoms with Crippen LogP contribution in [0, 0.1) is 26.2 Å². The molecule has 1 atom stereocenters. The summed E-state index contributed by atoms with van der Waals surface area (Å²) in [5, 5.41) is 0. The van der Waals surface area contributed by atoms with Crippen LogP contribution in [0.2, 0.25) is 0 Å². The number of carbonyl (C=O) groups excluding carboxylic acids is 1. The molecule has 1 unspecified atom stereocenters. The molecule has 0 aliphatic carbocycles. The van der Waals surface area contributed by atoms with Crippen LogP contribution in [-0.2, 0) is 21.4 Å². The summed E-state index contributed by atoms with van der Waals surface area (Å²) < 4.78 is 35.7. The second-order valence-electron chi connectivity index (χ2n) is 7.98. The van der Waals surface area contributed by atoms with E-state index in [9.17, 15) is 13.2 Å². The molecule has 0 spiro atoms. The van der Waals surface area contributed by atoms with Gasteiger partial charge in [-0.3, -0.25) is 4.79 Å². The standard InChI is InChI=1S/C24H25N3O4S2/c1-5-12-26-21-14-16(2)17(3)15-22(21)32-24(26)25-23(28)20-7-6-13-27(20)33(29,30)19-10-8-18(31-4)9-11-19/h1,8-11,14-15,20H,6-7,12-13H2,2-4H3. The van der Waals surface area contributed by atoms with E-state index >= 15 is 0 Å². The minimum absolute atomic E-state index is 0.123. The lowest BCUT2D eigenvalue weighted by Crippen LogP contribution is -2.40. The molecule has 1 amide bonds. The number of nitrogens with zero attached hydrogens (tertiary/aromatic N) is 3. The molecule has 172 valence electrons. The third kappa shape index (κ3) is 4.34. The minimum Gasteiger partial charge on any atom is -0.497 e. The van der Waals surface area contributed by atoms with Crippen LogP contribution in [0.3, 0.4) is 0 Å². The SMILES string of the molecule is C#CCn1c(=NC(=O)C2CCCN2S(=O)(=O)c2ccc(OC)cc2)sc2cc(C)c(C)cc21. The Kier molecular flexibility index (Phi) is 6.43. The van der Waals surface area contributed by atoms with Crippen molar-refractivity contribution in [1.82, 2.24) is 8.87 Å². The van der Waals surface area contributed by atoms with E-state index in [0.717, 1.165) is 21.3 Å². The summed E-state index contributed by atoms with van der Waals surface area (Å²) in [7, 11) is -2.33.